The first-order chi connectivity index (χ1) is 4.45. The van der Waals surface area contributed by atoms with Crippen molar-refractivity contribution in [3.63, 3.8) is 0 Å². The van der Waals surface area contributed by atoms with Crippen LogP contribution in [0.2, 0.25) is 0 Å². The van der Waals surface area contributed by atoms with Gasteiger partial charge in [-0.3, -0.25) is 4.48 Å². The summed E-state index contributed by atoms with van der Waals surface area (Å²) in [5, 5.41) is 0. The van der Waals surface area contributed by atoms with Crippen molar-refractivity contribution in [2.24, 2.45) is 0 Å². The normalized spacial score (nSPS) is 9.73. The highest BCUT2D eigenvalue weighted by atomic mass is 79.9. The van der Waals surface area contributed by atoms with Gasteiger partial charge in [-0.05, 0) is 0 Å². The van der Waals surface area contributed by atoms with E-state index in [1.165, 1.54) is 0 Å². The Morgan fingerprint density at radius 3 is 2.27 bits per heavy atom. The Kier molecular flexibility index (Phi) is 6.41. The quantitative estimate of drug-likeness (QED) is 0.227. The van der Waals surface area contributed by atoms with Crippen LogP contribution in [0.4, 0.5) is 0 Å². The third-order valence-corrected chi connectivity index (χ3v) is 0.761. The van der Waals surface area contributed by atoms with Gasteiger partial charge in [0.2, 0.25) is 6.73 Å². The van der Waals surface area contributed by atoms with Crippen LogP contribution in [0, 0.1) is 0 Å². The van der Waals surface area contributed by atoms with Crippen molar-refractivity contribution in [2.75, 3.05) is 27.9 Å². The van der Waals surface area contributed by atoms with Gasteiger partial charge in [0.25, 0.3) is 0 Å². The monoisotopic (exact) mass is 223 g/mol. The molecule has 0 radical (unpaired) electrons. The molecular weight excluding hydrogens is 210 g/mol. The first-order valence-electron chi connectivity index (χ1n) is 3.05. The number of halogens is 1. The SMILES string of the molecule is C=CC(=O)OC[N+](C)(C)C.[Br-]. The summed E-state index contributed by atoms with van der Waals surface area (Å²) in [5.74, 6) is -0.368. The van der Waals surface area contributed by atoms with Crippen molar-refractivity contribution in [1.29, 1.82) is 0 Å². The van der Waals surface area contributed by atoms with Crippen LogP contribution in [-0.4, -0.2) is 38.3 Å². The molecule has 0 aromatic rings. The van der Waals surface area contributed by atoms with Crippen LogP contribution in [0.1, 0.15) is 0 Å². The third kappa shape index (κ3) is 9.65. The minimum atomic E-state index is -0.368. The van der Waals surface area contributed by atoms with Crippen LogP contribution in [-0.2, 0) is 9.53 Å². The lowest BCUT2D eigenvalue weighted by Gasteiger charge is -2.22. The number of nitrogens with zero attached hydrogens (tertiary/aromatic N) is 1. The second-order valence-electron chi connectivity index (χ2n) is 3.09. The predicted octanol–water partition coefficient (Wildman–Crippen LogP) is -2.62. The van der Waals surface area contributed by atoms with Gasteiger partial charge in [-0.1, -0.05) is 6.58 Å². The fourth-order valence-electron chi connectivity index (χ4n) is 0.316. The average molecular weight is 224 g/mol. The molecule has 0 fully saturated rings. The molecule has 0 bridgehead atoms. The Hall–Kier alpha value is -0.350. The van der Waals surface area contributed by atoms with Crippen LogP contribution in [0.15, 0.2) is 12.7 Å². The standard InChI is InChI=1S/C7H14NO2.BrH/c1-5-7(9)10-6-8(2,3)4;/h5H,1,6H2,2-4H3;1H/q+1;/p-1. The van der Waals surface area contributed by atoms with E-state index >= 15 is 0 Å². The first-order valence-corrected chi connectivity index (χ1v) is 3.05. The summed E-state index contributed by atoms with van der Waals surface area (Å²) in [6.07, 6.45) is 1.16. The van der Waals surface area contributed by atoms with Crippen LogP contribution >= 0.6 is 0 Å². The van der Waals surface area contributed by atoms with Gasteiger partial charge in [0, 0.05) is 6.08 Å². The van der Waals surface area contributed by atoms with Gasteiger partial charge in [0.1, 0.15) is 0 Å². The Balaban J connectivity index is 0. The third-order valence-electron chi connectivity index (χ3n) is 0.761. The zero-order valence-corrected chi connectivity index (χ0v) is 8.72. The summed E-state index contributed by atoms with van der Waals surface area (Å²) in [6, 6.07) is 0. The van der Waals surface area contributed by atoms with E-state index in [0.717, 1.165) is 6.08 Å². The second kappa shape index (κ2) is 5.32. The molecule has 0 unspecified atom stereocenters. The van der Waals surface area contributed by atoms with Gasteiger partial charge in [0.15, 0.2) is 0 Å². The molecule has 66 valence electrons. The van der Waals surface area contributed by atoms with E-state index in [1.807, 2.05) is 21.1 Å². The van der Waals surface area contributed by atoms with E-state index in [9.17, 15) is 4.79 Å². The minimum Gasteiger partial charge on any atom is -1.00 e. The number of rotatable bonds is 3. The first kappa shape index (κ1) is 13.3. The fourth-order valence-corrected chi connectivity index (χ4v) is 0.316. The van der Waals surface area contributed by atoms with E-state index in [1.54, 1.807) is 0 Å². The molecule has 3 nitrogen and oxygen atoms in total. The lowest BCUT2D eigenvalue weighted by Crippen LogP contribution is -3.00. The number of carbonyl (C=O) groups is 1. The summed E-state index contributed by atoms with van der Waals surface area (Å²) in [4.78, 5) is 10.5. The number of ether oxygens (including phenoxy) is 1. The summed E-state index contributed by atoms with van der Waals surface area (Å²) >= 11 is 0. The van der Waals surface area contributed by atoms with Crippen molar-refractivity contribution in [2.45, 2.75) is 0 Å². The predicted molar refractivity (Wildman–Crippen MR) is 39.2 cm³/mol. The van der Waals surface area contributed by atoms with Crippen molar-refractivity contribution >= 4 is 5.97 Å². The number of hydrogen-bond donors (Lipinski definition) is 0. The van der Waals surface area contributed by atoms with Crippen molar-refractivity contribution in [3.8, 4) is 0 Å². The van der Waals surface area contributed by atoms with Gasteiger partial charge in [-0.2, -0.15) is 0 Å². The molecule has 0 aromatic carbocycles. The Bertz CT molecular complexity index is 140. The maximum absolute atomic E-state index is 10.5. The zero-order chi connectivity index (χ0) is 8.20. The summed E-state index contributed by atoms with van der Waals surface area (Å²) < 4.78 is 5.38. The molecule has 0 aliphatic rings. The Morgan fingerprint density at radius 2 is 2.00 bits per heavy atom. The summed E-state index contributed by atoms with van der Waals surface area (Å²) in [6.45, 7) is 3.66. The highest BCUT2D eigenvalue weighted by molar-refractivity contribution is 5.81. The fraction of sp³-hybridized carbons (Fsp3) is 0.571. The highest BCUT2D eigenvalue weighted by Crippen LogP contribution is 1.90. The molecule has 0 amide bonds. The van der Waals surface area contributed by atoms with Crippen LogP contribution < -0.4 is 17.0 Å². The van der Waals surface area contributed by atoms with Crippen molar-refractivity contribution in [3.05, 3.63) is 12.7 Å². The summed E-state index contributed by atoms with van der Waals surface area (Å²) in [5.41, 5.74) is 0. The molecule has 0 rings (SSSR count). The maximum atomic E-state index is 10.5. The smallest absolute Gasteiger partial charge is 0.334 e. The summed E-state index contributed by atoms with van der Waals surface area (Å²) in [7, 11) is 5.82. The van der Waals surface area contributed by atoms with E-state index in [0.29, 0.717) is 11.2 Å². The highest BCUT2D eigenvalue weighted by Gasteiger charge is 2.07. The minimum absolute atomic E-state index is 0. The molecule has 4 heteroatoms. The number of hydrogen-bond acceptors (Lipinski definition) is 2. The van der Waals surface area contributed by atoms with Crippen molar-refractivity contribution < 1.29 is 31.0 Å². The van der Waals surface area contributed by atoms with Gasteiger partial charge >= 0.3 is 5.97 Å². The number of esters is 1. The molecule has 0 aliphatic heterocycles. The molecule has 0 heterocycles. The molecule has 0 saturated heterocycles. The molecule has 0 saturated carbocycles. The molecule has 0 aromatic heterocycles. The lowest BCUT2D eigenvalue weighted by atomic mass is 10.6. The van der Waals surface area contributed by atoms with E-state index in [-0.39, 0.29) is 23.0 Å². The Morgan fingerprint density at radius 1 is 1.55 bits per heavy atom. The van der Waals surface area contributed by atoms with Crippen LogP contribution in [0.3, 0.4) is 0 Å². The number of carbonyl (C=O) groups excluding carboxylic acids is 1. The lowest BCUT2D eigenvalue weighted by molar-refractivity contribution is -0.888. The Labute approximate surface area is 78.0 Å². The van der Waals surface area contributed by atoms with Crippen molar-refractivity contribution in [1.82, 2.24) is 0 Å². The molecular formula is C7H14BrNO2. The van der Waals surface area contributed by atoms with Gasteiger partial charge < -0.3 is 21.7 Å². The molecule has 0 N–H and O–H groups in total. The van der Waals surface area contributed by atoms with Gasteiger partial charge in [0.05, 0.1) is 21.1 Å². The van der Waals surface area contributed by atoms with E-state index in [2.05, 4.69) is 6.58 Å². The zero-order valence-electron chi connectivity index (χ0n) is 7.13. The molecule has 0 spiro atoms. The largest absolute Gasteiger partial charge is 1.00 e. The topological polar surface area (TPSA) is 26.3 Å². The van der Waals surface area contributed by atoms with E-state index in [4.69, 9.17) is 4.74 Å². The molecule has 0 atom stereocenters. The van der Waals surface area contributed by atoms with E-state index < -0.39 is 0 Å². The maximum Gasteiger partial charge on any atom is 0.334 e. The number of quaternary nitrogens is 1. The second-order valence-corrected chi connectivity index (χ2v) is 3.09. The van der Waals surface area contributed by atoms with Crippen LogP contribution in [0.5, 0.6) is 0 Å². The van der Waals surface area contributed by atoms with Crippen LogP contribution in [0.25, 0.3) is 0 Å². The van der Waals surface area contributed by atoms with Gasteiger partial charge in [-0.25, -0.2) is 4.79 Å². The van der Waals surface area contributed by atoms with Gasteiger partial charge in [-0.15, -0.1) is 0 Å². The average Bonchev–Trinajstić information content (AvgIpc) is 1.81. The molecule has 11 heavy (non-hydrogen) atoms. The molecule has 0 aliphatic carbocycles.